The van der Waals surface area contributed by atoms with Gasteiger partial charge in [0.15, 0.2) is 0 Å². The van der Waals surface area contributed by atoms with Crippen molar-refractivity contribution >= 4 is 34.6 Å². The number of amides is 3. The number of hydrogen-bond acceptors (Lipinski definition) is 4. The molecule has 1 atom stereocenters. The highest BCUT2D eigenvalue weighted by atomic mass is 32.1. The molecule has 3 heterocycles. The Bertz CT molecular complexity index is 836. The van der Waals surface area contributed by atoms with E-state index in [4.69, 9.17) is 0 Å². The number of benzene rings is 1. The molecule has 0 bridgehead atoms. The minimum atomic E-state index is -0.194. The van der Waals surface area contributed by atoms with Gasteiger partial charge in [0.1, 0.15) is 0 Å². The molecule has 1 N–H and O–H groups in total. The average Bonchev–Trinajstić information content (AvgIpc) is 3.31. The van der Waals surface area contributed by atoms with Crippen LogP contribution in [0.1, 0.15) is 12.0 Å². The van der Waals surface area contributed by atoms with Crippen LogP contribution in [-0.4, -0.2) is 60.5 Å². The van der Waals surface area contributed by atoms with E-state index >= 15 is 0 Å². The number of hydrogen-bond donors (Lipinski definition) is 1. The molecule has 2 saturated heterocycles. The van der Waals surface area contributed by atoms with Gasteiger partial charge in [-0.15, -0.1) is 0 Å². The van der Waals surface area contributed by atoms with Crippen LogP contribution in [0, 0.1) is 6.92 Å². The Balaban J connectivity index is 1.47. The molecule has 2 aliphatic rings. The number of carbonyl (C=O) groups is 2. The largest absolute Gasteiger partial charge is 0.323 e. The van der Waals surface area contributed by atoms with Gasteiger partial charge in [-0.2, -0.15) is 11.3 Å². The van der Waals surface area contributed by atoms with E-state index in [1.165, 1.54) is 0 Å². The molecule has 3 amide bonds. The van der Waals surface area contributed by atoms with Crippen LogP contribution in [0.4, 0.5) is 16.2 Å². The van der Waals surface area contributed by atoms with Gasteiger partial charge in [-0.3, -0.25) is 9.69 Å². The summed E-state index contributed by atoms with van der Waals surface area (Å²) < 4.78 is 0. The second kappa shape index (κ2) is 6.98. The Hall–Kier alpha value is -2.38. The summed E-state index contributed by atoms with van der Waals surface area (Å²) in [4.78, 5) is 31.1. The van der Waals surface area contributed by atoms with E-state index in [9.17, 15) is 9.59 Å². The molecule has 6 nitrogen and oxygen atoms in total. The third-order valence-corrected chi connectivity index (χ3v) is 6.35. The van der Waals surface area contributed by atoms with Crippen LogP contribution < -0.4 is 10.2 Å². The lowest BCUT2D eigenvalue weighted by molar-refractivity contribution is -0.123. The van der Waals surface area contributed by atoms with Crippen LogP contribution in [0.3, 0.4) is 0 Å². The van der Waals surface area contributed by atoms with Crippen molar-refractivity contribution in [3.8, 4) is 0 Å². The first-order chi connectivity index (χ1) is 13.0. The van der Waals surface area contributed by atoms with Gasteiger partial charge in [-0.05, 0) is 44.0 Å². The van der Waals surface area contributed by atoms with Crippen molar-refractivity contribution in [2.45, 2.75) is 18.9 Å². The predicted octanol–water partition coefficient (Wildman–Crippen LogP) is 3.01. The molecule has 2 aromatic rings. The summed E-state index contributed by atoms with van der Waals surface area (Å²) in [6.07, 6.45) is 0.860. The molecule has 7 heteroatoms. The molecule has 2 aliphatic heterocycles. The van der Waals surface area contributed by atoms with Crippen molar-refractivity contribution in [1.82, 2.24) is 9.80 Å². The molecule has 1 aromatic carbocycles. The van der Waals surface area contributed by atoms with E-state index in [0.717, 1.165) is 23.4 Å². The maximum atomic E-state index is 12.7. The number of likely N-dealkylation sites (N-methyl/N-ethyl adjacent to an activating group) is 1. The minimum Gasteiger partial charge on any atom is -0.323 e. The molecule has 1 spiro atoms. The Labute approximate surface area is 163 Å². The van der Waals surface area contributed by atoms with Crippen LogP contribution in [0.5, 0.6) is 0 Å². The highest BCUT2D eigenvalue weighted by Gasteiger charge is 2.48. The maximum absolute atomic E-state index is 12.7. The SMILES string of the molecule is Cc1ccc(NC(=O)N2CCC3(C2)CN(c2ccsc2)C(=O)CN3C)cc1. The van der Waals surface area contributed by atoms with Gasteiger partial charge in [0.25, 0.3) is 0 Å². The van der Waals surface area contributed by atoms with E-state index in [1.54, 1.807) is 11.3 Å². The highest BCUT2D eigenvalue weighted by Crippen LogP contribution is 2.34. The van der Waals surface area contributed by atoms with Crippen molar-refractivity contribution in [2.24, 2.45) is 0 Å². The Morgan fingerprint density at radius 1 is 1.19 bits per heavy atom. The summed E-state index contributed by atoms with van der Waals surface area (Å²) in [5.74, 6) is 0.115. The normalized spacial score (nSPS) is 23.3. The number of nitrogens with one attached hydrogen (secondary N) is 1. The minimum absolute atomic E-state index is 0.0805. The summed E-state index contributed by atoms with van der Waals surface area (Å²) in [5.41, 5.74) is 2.73. The number of urea groups is 1. The molecule has 1 unspecified atom stereocenters. The van der Waals surface area contributed by atoms with Crippen LogP contribution in [0.15, 0.2) is 41.1 Å². The topological polar surface area (TPSA) is 55.9 Å². The zero-order chi connectivity index (χ0) is 19.0. The van der Waals surface area contributed by atoms with Crippen molar-refractivity contribution in [1.29, 1.82) is 0 Å². The molecular formula is C20H24N4O2S. The van der Waals surface area contributed by atoms with Crippen molar-refractivity contribution in [2.75, 3.05) is 43.4 Å². The van der Waals surface area contributed by atoms with E-state index in [0.29, 0.717) is 26.2 Å². The molecule has 142 valence electrons. The fourth-order valence-electron chi connectivity index (χ4n) is 3.92. The number of carbonyl (C=O) groups excluding carboxylic acids is 2. The second-order valence-corrected chi connectivity index (χ2v) is 8.29. The van der Waals surface area contributed by atoms with Crippen LogP contribution in [-0.2, 0) is 4.79 Å². The van der Waals surface area contributed by atoms with Crippen molar-refractivity contribution < 1.29 is 9.59 Å². The quantitative estimate of drug-likeness (QED) is 0.866. The lowest BCUT2D eigenvalue weighted by Gasteiger charge is -2.46. The molecule has 27 heavy (non-hydrogen) atoms. The summed E-state index contributed by atoms with van der Waals surface area (Å²) in [6, 6.07) is 9.72. The molecule has 0 radical (unpaired) electrons. The number of aryl methyl sites for hydroxylation is 1. The Morgan fingerprint density at radius 3 is 2.67 bits per heavy atom. The number of anilines is 2. The monoisotopic (exact) mass is 384 g/mol. The molecular weight excluding hydrogens is 360 g/mol. The van der Waals surface area contributed by atoms with Gasteiger partial charge in [0.05, 0.1) is 17.8 Å². The van der Waals surface area contributed by atoms with Gasteiger partial charge in [0, 0.05) is 30.7 Å². The standard InChI is InChI=1S/C20H24N4O2S/c1-15-3-5-16(6-4-15)21-19(26)23-9-8-20(13-23)14-24(17-7-10-27-12-17)18(25)11-22(20)2/h3-7,10,12H,8-9,11,13-14H2,1-2H3,(H,21,26). The van der Waals surface area contributed by atoms with Gasteiger partial charge in [0.2, 0.25) is 5.91 Å². The number of piperazine rings is 1. The first kappa shape index (κ1) is 18.0. The number of rotatable bonds is 2. The first-order valence-electron chi connectivity index (χ1n) is 9.13. The van der Waals surface area contributed by atoms with Crippen molar-refractivity contribution in [3.05, 3.63) is 46.7 Å². The van der Waals surface area contributed by atoms with Gasteiger partial charge in [-0.25, -0.2) is 4.79 Å². The maximum Gasteiger partial charge on any atom is 0.321 e. The Morgan fingerprint density at radius 2 is 1.96 bits per heavy atom. The summed E-state index contributed by atoms with van der Waals surface area (Å²) in [5, 5.41) is 6.98. The van der Waals surface area contributed by atoms with E-state index in [1.807, 2.05) is 64.9 Å². The average molecular weight is 385 g/mol. The zero-order valence-corrected chi connectivity index (χ0v) is 16.5. The van der Waals surface area contributed by atoms with E-state index in [2.05, 4.69) is 10.2 Å². The molecule has 1 aromatic heterocycles. The smallest absolute Gasteiger partial charge is 0.321 e. The van der Waals surface area contributed by atoms with E-state index < -0.39 is 0 Å². The summed E-state index contributed by atoms with van der Waals surface area (Å²) >= 11 is 1.59. The Kier molecular flexibility index (Phi) is 4.65. The number of likely N-dealkylation sites (tertiary alicyclic amines) is 1. The lowest BCUT2D eigenvalue weighted by atomic mass is 9.93. The summed E-state index contributed by atoms with van der Waals surface area (Å²) in [7, 11) is 1.99. The van der Waals surface area contributed by atoms with Crippen LogP contribution >= 0.6 is 11.3 Å². The van der Waals surface area contributed by atoms with Crippen molar-refractivity contribution in [3.63, 3.8) is 0 Å². The second-order valence-electron chi connectivity index (χ2n) is 7.51. The third kappa shape index (κ3) is 3.44. The molecule has 2 fully saturated rings. The molecule has 4 rings (SSSR count). The number of nitrogens with zero attached hydrogens (tertiary/aromatic N) is 3. The molecule has 0 aliphatic carbocycles. The molecule has 0 saturated carbocycles. The van der Waals surface area contributed by atoms with Gasteiger partial charge >= 0.3 is 6.03 Å². The van der Waals surface area contributed by atoms with Gasteiger partial charge < -0.3 is 15.1 Å². The fourth-order valence-corrected chi connectivity index (χ4v) is 4.56. The van der Waals surface area contributed by atoms with E-state index in [-0.39, 0.29) is 17.5 Å². The first-order valence-corrected chi connectivity index (χ1v) is 10.1. The van der Waals surface area contributed by atoms with Crippen LogP contribution in [0.2, 0.25) is 0 Å². The summed E-state index contributed by atoms with van der Waals surface area (Å²) in [6.45, 7) is 4.33. The number of thiophene rings is 1. The fraction of sp³-hybridized carbons (Fsp3) is 0.400. The van der Waals surface area contributed by atoms with Gasteiger partial charge in [-0.1, -0.05) is 17.7 Å². The zero-order valence-electron chi connectivity index (χ0n) is 15.6. The highest BCUT2D eigenvalue weighted by molar-refractivity contribution is 7.08. The third-order valence-electron chi connectivity index (χ3n) is 5.68. The van der Waals surface area contributed by atoms with Crippen LogP contribution in [0.25, 0.3) is 0 Å². The lowest BCUT2D eigenvalue weighted by Crippen LogP contribution is -2.64. The predicted molar refractivity (Wildman–Crippen MR) is 108 cm³/mol.